The van der Waals surface area contributed by atoms with E-state index < -0.39 is 11.6 Å². The standard InChI is InChI=1S/C17H26N2O.C9H6F2N2O/c1-12-7-5-6-8-17(12)19-14(3)9-10-16(19)11-13(2)18-15(4)20;10-6-1-5-8(2-7(6)11)12-3-9(5)13-4-14/h5-8,13-14,16H,9-11H2,1-4H3,(H,18,20);1-4,12H,(H,13,14). The Hall–Kier alpha value is -3.42. The molecule has 1 saturated heterocycles. The first-order valence-electron chi connectivity index (χ1n) is 11.5. The Labute approximate surface area is 198 Å². The third kappa shape index (κ3) is 5.92. The summed E-state index contributed by atoms with van der Waals surface area (Å²) in [5, 5.41) is 5.82. The van der Waals surface area contributed by atoms with Crippen LogP contribution < -0.4 is 15.5 Å². The molecule has 3 unspecified atom stereocenters. The topological polar surface area (TPSA) is 77.2 Å². The van der Waals surface area contributed by atoms with Crippen LogP contribution in [0.4, 0.5) is 20.2 Å². The van der Waals surface area contributed by atoms with Crippen molar-refractivity contribution >= 4 is 34.6 Å². The summed E-state index contributed by atoms with van der Waals surface area (Å²) in [6.07, 6.45) is 5.39. The van der Waals surface area contributed by atoms with Gasteiger partial charge in [0, 0.05) is 48.4 Å². The first-order chi connectivity index (χ1) is 16.2. The Bertz CT molecular complexity index is 1150. The molecule has 0 spiro atoms. The first-order valence-corrected chi connectivity index (χ1v) is 11.5. The minimum absolute atomic E-state index is 0.0611. The Kier molecular flexibility index (Phi) is 8.26. The highest BCUT2D eigenvalue weighted by atomic mass is 19.2. The molecule has 2 amide bonds. The third-order valence-corrected chi connectivity index (χ3v) is 6.19. The van der Waals surface area contributed by atoms with Crippen molar-refractivity contribution in [2.24, 2.45) is 0 Å². The number of carbonyl (C=O) groups excluding carboxylic acids is 2. The molecule has 1 aliphatic rings. The second-order valence-corrected chi connectivity index (χ2v) is 8.89. The van der Waals surface area contributed by atoms with Gasteiger partial charge in [-0.2, -0.15) is 0 Å². The first kappa shape index (κ1) is 25.2. The molecule has 34 heavy (non-hydrogen) atoms. The number of aryl methyl sites for hydroxylation is 1. The minimum Gasteiger partial charge on any atom is -0.366 e. The molecule has 3 N–H and O–H groups in total. The summed E-state index contributed by atoms with van der Waals surface area (Å²) in [5.74, 6) is -1.80. The van der Waals surface area contributed by atoms with E-state index in [1.54, 1.807) is 6.92 Å². The molecule has 2 heterocycles. The highest BCUT2D eigenvalue weighted by molar-refractivity contribution is 5.96. The number of H-pyrrole nitrogens is 1. The van der Waals surface area contributed by atoms with Gasteiger partial charge in [0.05, 0.1) is 11.2 Å². The maximum atomic E-state index is 12.8. The fourth-order valence-corrected chi connectivity index (χ4v) is 4.70. The molecule has 1 aromatic heterocycles. The van der Waals surface area contributed by atoms with E-state index >= 15 is 0 Å². The zero-order valence-corrected chi connectivity index (χ0v) is 20.0. The van der Waals surface area contributed by atoms with Crippen LogP contribution in [-0.2, 0) is 9.59 Å². The van der Waals surface area contributed by atoms with E-state index in [0.717, 1.165) is 18.6 Å². The highest BCUT2D eigenvalue weighted by Crippen LogP contribution is 2.34. The van der Waals surface area contributed by atoms with Crippen LogP contribution in [0.15, 0.2) is 42.6 Å². The van der Waals surface area contributed by atoms with Crippen LogP contribution in [0.2, 0.25) is 0 Å². The summed E-state index contributed by atoms with van der Waals surface area (Å²) in [7, 11) is 0. The van der Waals surface area contributed by atoms with E-state index in [2.05, 4.69) is 65.6 Å². The number of rotatable bonds is 6. The Morgan fingerprint density at radius 3 is 2.62 bits per heavy atom. The quantitative estimate of drug-likeness (QED) is 0.429. The molecule has 0 aliphatic carbocycles. The van der Waals surface area contributed by atoms with Crippen LogP contribution in [0, 0.1) is 18.6 Å². The van der Waals surface area contributed by atoms with Crippen molar-refractivity contribution in [1.82, 2.24) is 10.3 Å². The number of nitrogens with zero attached hydrogens (tertiary/aromatic N) is 1. The van der Waals surface area contributed by atoms with Gasteiger partial charge < -0.3 is 20.5 Å². The van der Waals surface area contributed by atoms with Gasteiger partial charge in [-0.1, -0.05) is 18.2 Å². The summed E-state index contributed by atoms with van der Waals surface area (Å²) in [6.45, 7) is 8.16. The van der Waals surface area contributed by atoms with Gasteiger partial charge in [0.25, 0.3) is 0 Å². The van der Waals surface area contributed by atoms with E-state index in [-0.39, 0.29) is 11.9 Å². The van der Waals surface area contributed by atoms with E-state index in [1.807, 2.05) is 0 Å². The van der Waals surface area contributed by atoms with Gasteiger partial charge >= 0.3 is 0 Å². The number of benzene rings is 2. The molecule has 3 atom stereocenters. The normalized spacial score (nSPS) is 18.2. The number of amides is 2. The van der Waals surface area contributed by atoms with Gasteiger partial charge in [-0.15, -0.1) is 0 Å². The van der Waals surface area contributed by atoms with Crippen molar-refractivity contribution in [3.63, 3.8) is 0 Å². The van der Waals surface area contributed by atoms with Gasteiger partial charge in [-0.3, -0.25) is 9.59 Å². The second kappa shape index (κ2) is 11.1. The molecule has 3 aromatic rings. The summed E-state index contributed by atoms with van der Waals surface area (Å²) >= 11 is 0. The number of aromatic amines is 1. The number of aromatic nitrogens is 1. The SMILES string of the molecule is CC(=O)NC(C)CC1CCC(C)N1c1ccccc1C.O=CNc1c[nH]c2cc(F)c(F)cc12. The largest absolute Gasteiger partial charge is 0.366 e. The summed E-state index contributed by atoms with van der Waals surface area (Å²) < 4.78 is 25.6. The third-order valence-electron chi connectivity index (χ3n) is 6.19. The number of halogens is 2. The van der Waals surface area contributed by atoms with Crippen LogP contribution in [0.1, 0.15) is 45.6 Å². The average Bonchev–Trinajstić information content (AvgIpc) is 3.32. The van der Waals surface area contributed by atoms with Gasteiger partial charge in [0.2, 0.25) is 12.3 Å². The minimum atomic E-state index is -0.939. The molecule has 0 radical (unpaired) electrons. The van der Waals surface area contributed by atoms with Crippen molar-refractivity contribution in [2.75, 3.05) is 10.2 Å². The van der Waals surface area contributed by atoms with E-state index in [1.165, 1.54) is 30.3 Å². The van der Waals surface area contributed by atoms with Crippen molar-refractivity contribution < 1.29 is 18.4 Å². The lowest BCUT2D eigenvalue weighted by Gasteiger charge is -2.33. The lowest BCUT2D eigenvalue weighted by Crippen LogP contribution is -2.40. The molecule has 4 rings (SSSR count). The number of hydrogen-bond donors (Lipinski definition) is 3. The maximum absolute atomic E-state index is 12.8. The molecule has 2 aromatic carbocycles. The molecule has 6 nitrogen and oxygen atoms in total. The van der Waals surface area contributed by atoms with Crippen LogP contribution in [0.3, 0.4) is 0 Å². The van der Waals surface area contributed by atoms with Crippen molar-refractivity contribution in [3.05, 3.63) is 59.8 Å². The van der Waals surface area contributed by atoms with Crippen LogP contribution in [0.25, 0.3) is 10.9 Å². The molecule has 0 saturated carbocycles. The second-order valence-electron chi connectivity index (χ2n) is 8.89. The Balaban J connectivity index is 0.000000202. The van der Waals surface area contributed by atoms with E-state index in [4.69, 9.17) is 0 Å². The molecule has 0 bridgehead atoms. The smallest absolute Gasteiger partial charge is 0.217 e. The molecule has 1 fully saturated rings. The lowest BCUT2D eigenvalue weighted by molar-refractivity contribution is -0.119. The fourth-order valence-electron chi connectivity index (χ4n) is 4.70. The summed E-state index contributed by atoms with van der Waals surface area (Å²) in [4.78, 5) is 26.6. The summed E-state index contributed by atoms with van der Waals surface area (Å²) in [6, 6.07) is 12.0. The van der Waals surface area contributed by atoms with E-state index in [9.17, 15) is 18.4 Å². The lowest BCUT2D eigenvalue weighted by atomic mass is 10.0. The zero-order chi connectivity index (χ0) is 24.8. The fraction of sp³-hybridized carbons (Fsp3) is 0.385. The maximum Gasteiger partial charge on any atom is 0.217 e. The molecular weight excluding hydrogens is 438 g/mol. The van der Waals surface area contributed by atoms with Crippen molar-refractivity contribution in [2.45, 2.75) is 65.1 Å². The zero-order valence-electron chi connectivity index (χ0n) is 20.0. The number of hydrogen-bond acceptors (Lipinski definition) is 3. The number of nitrogens with one attached hydrogen (secondary N) is 3. The number of carbonyl (C=O) groups is 2. The Morgan fingerprint density at radius 2 is 1.94 bits per heavy atom. The van der Waals surface area contributed by atoms with Crippen LogP contribution >= 0.6 is 0 Å². The predicted octanol–water partition coefficient (Wildman–Crippen LogP) is 5.28. The van der Waals surface area contributed by atoms with Gasteiger partial charge in [0.1, 0.15) is 0 Å². The van der Waals surface area contributed by atoms with E-state index in [0.29, 0.717) is 35.1 Å². The molecular formula is C26H32F2N4O2. The van der Waals surface area contributed by atoms with Gasteiger partial charge in [0.15, 0.2) is 11.6 Å². The predicted molar refractivity (Wildman–Crippen MR) is 132 cm³/mol. The average molecular weight is 471 g/mol. The Morgan fingerprint density at radius 1 is 1.24 bits per heavy atom. The number of para-hydroxylation sites is 1. The number of anilines is 2. The number of fused-ring (bicyclic) bond motifs is 1. The summed E-state index contributed by atoms with van der Waals surface area (Å²) in [5.41, 5.74) is 3.54. The highest BCUT2D eigenvalue weighted by Gasteiger charge is 2.32. The van der Waals surface area contributed by atoms with Gasteiger partial charge in [-0.25, -0.2) is 8.78 Å². The molecule has 182 valence electrons. The molecule has 1 aliphatic heterocycles. The van der Waals surface area contributed by atoms with Crippen molar-refractivity contribution in [3.8, 4) is 0 Å². The van der Waals surface area contributed by atoms with Crippen molar-refractivity contribution in [1.29, 1.82) is 0 Å². The van der Waals surface area contributed by atoms with Crippen LogP contribution in [0.5, 0.6) is 0 Å². The molecule has 8 heteroatoms. The monoisotopic (exact) mass is 470 g/mol. The van der Waals surface area contributed by atoms with Crippen LogP contribution in [-0.4, -0.2) is 35.4 Å². The van der Waals surface area contributed by atoms with Gasteiger partial charge in [-0.05, 0) is 57.7 Å².